The van der Waals surface area contributed by atoms with E-state index in [9.17, 15) is 33.8 Å². The van der Waals surface area contributed by atoms with E-state index in [-0.39, 0.29) is 11.4 Å². The Balaban J connectivity index is 2.22. The SMILES string of the molecule is O=C(O)c1c(F)c(C(=O)O)c(C(=O)Nc2ccccc2)c(F)c1C(=O)Nc1ccccc1. The van der Waals surface area contributed by atoms with Crippen molar-refractivity contribution in [2.45, 2.75) is 0 Å². The molecule has 0 saturated heterocycles. The number of anilines is 2. The molecule has 0 aromatic heterocycles. The van der Waals surface area contributed by atoms with E-state index >= 15 is 4.39 Å². The van der Waals surface area contributed by atoms with Crippen LogP contribution in [0.15, 0.2) is 60.7 Å². The number of halogens is 2. The van der Waals surface area contributed by atoms with Crippen LogP contribution in [-0.4, -0.2) is 34.0 Å². The van der Waals surface area contributed by atoms with Crippen molar-refractivity contribution in [3.05, 3.63) is 94.6 Å². The number of para-hydroxylation sites is 2. The molecule has 0 heterocycles. The lowest BCUT2D eigenvalue weighted by Crippen LogP contribution is -2.27. The molecule has 0 radical (unpaired) electrons. The summed E-state index contributed by atoms with van der Waals surface area (Å²) in [7, 11) is 0. The lowest BCUT2D eigenvalue weighted by molar-refractivity contribution is 0.0677. The predicted molar refractivity (Wildman–Crippen MR) is 109 cm³/mol. The normalized spacial score (nSPS) is 10.3. The van der Waals surface area contributed by atoms with E-state index in [2.05, 4.69) is 10.6 Å². The molecule has 3 aromatic carbocycles. The second kappa shape index (κ2) is 9.04. The summed E-state index contributed by atoms with van der Waals surface area (Å²) in [6.45, 7) is 0. The molecule has 0 spiro atoms. The summed E-state index contributed by atoms with van der Waals surface area (Å²) in [4.78, 5) is 48.6. The zero-order valence-electron chi connectivity index (χ0n) is 16.1. The Bertz CT molecular complexity index is 1140. The zero-order valence-corrected chi connectivity index (χ0v) is 16.1. The van der Waals surface area contributed by atoms with Crippen molar-refractivity contribution in [1.82, 2.24) is 0 Å². The first kappa shape index (κ1) is 22.1. The molecule has 3 rings (SSSR count). The number of carboxylic acids is 2. The molecule has 10 heteroatoms. The average molecular weight is 440 g/mol. The Morgan fingerprint density at radius 2 is 0.875 bits per heavy atom. The second-order valence-electron chi connectivity index (χ2n) is 6.38. The molecular weight excluding hydrogens is 426 g/mol. The summed E-state index contributed by atoms with van der Waals surface area (Å²) >= 11 is 0. The third kappa shape index (κ3) is 4.29. The molecule has 2 amide bonds. The number of amides is 2. The third-order valence-corrected chi connectivity index (χ3v) is 4.32. The molecule has 0 aliphatic carbocycles. The fourth-order valence-electron chi connectivity index (χ4n) is 2.95. The lowest BCUT2D eigenvalue weighted by atomic mass is 9.94. The first-order valence-electron chi connectivity index (χ1n) is 8.96. The van der Waals surface area contributed by atoms with Gasteiger partial charge in [-0.05, 0) is 24.3 Å². The topological polar surface area (TPSA) is 133 Å². The highest BCUT2D eigenvalue weighted by Crippen LogP contribution is 2.29. The number of carbonyl (C=O) groups is 4. The fraction of sp³-hybridized carbons (Fsp3) is 0. The van der Waals surface area contributed by atoms with Crippen LogP contribution in [0.5, 0.6) is 0 Å². The Kier molecular flexibility index (Phi) is 6.24. The average Bonchev–Trinajstić information content (AvgIpc) is 2.75. The van der Waals surface area contributed by atoms with E-state index < -0.39 is 57.6 Å². The van der Waals surface area contributed by atoms with E-state index in [1.54, 1.807) is 12.1 Å². The van der Waals surface area contributed by atoms with Gasteiger partial charge in [-0.25, -0.2) is 18.4 Å². The minimum Gasteiger partial charge on any atom is -0.478 e. The molecule has 0 atom stereocenters. The van der Waals surface area contributed by atoms with E-state index in [4.69, 9.17) is 0 Å². The first-order valence-corrected chi connectivity index (χ1v) is 8.96. The largest absolute Gasteiger partial charge is 0.478 e. The summed E-state index contributed by atoms with van der Waals surface area (Å²) in [5.41, 5.74) is -5.39. The van der Waals surface area contributed by atoms with Crippen LogP contribution < -0.4 is 10.6 Å². The maximum Gasteiger partial charge on any atom is 0.339 e. The van der Waals surface area contributed by atoms with Crippen LogP contribution in [0.1, 0.15) is 41.4 Å². The highest BCUT2D eigenvalue weighted by Gasteiger charge is 2.37. The van der Waals surface area contributed by atoms with Crippen molar-refractivity contribution in [2.75, 3.05) is 10.6 Å². The Labute approximate surface area is 179 Å². The molecule has 0 bridgehead atoms. The number of rotatable bonds is 6. The predicted octanol–water partition coefficient (Wildman–Crippen LogP) is 3.87. The summed E-state index contributed by atoms with van der Waals surface area (Å²) < 4.78 is 30.4. The zero-order chi connectivity index (χ0) is 23.4. The molecule has 162 valence electrons. The summed E-state index contributed by atoms with van der Waals surface area (Å²) in [5, 5.41) is 23.1. The quantitative estimate of drug-likeness (QED) is 0.460. The minimum absolute atomic E-state index is 0.131. The van der Waals surface area contributed by atoms with Crippen LogP contribution >= 0.6 is 0 Å². The van der Waals surface area contributed by atoms with Crippen LogP contribution in [0.4, 0.5) is 20.2 Å². The van der Waals surface area contributed by atoms with E-state index in [1.807, 2.05) is 0 Å². The number of hydrogen-bond acceptors (Lipinski definition) is 4. The Hall–Kier alpha value is -4.60. The number of carbonyl (C=O) groups excluding carboxylic acids is 2. The number of aromatic carboxylic acids is 2. The molecule has 32 heavy (non-hydrogen) atoms. The van der Waals surface area contributed by atoms with Gasteiger partial charge in [0.05, 0.1) is 11.1 Å². The monoisotopic (exact) mass is 440 g/mol. The Morgan fingerprint density at radius 3 is 1.19 bits per heavy atom. The van der Waals surface area contributed by atoms with E-state index in [0.29, 0.717) is 0 Å². The standard InChI is InChI=1S/C22H14F2N2O6/c23-17-13(19(27)25-11-7-3-1-4-8-11)15(21(29)30)18(24)16(22(31)32)14(17)20(28)26-12-9-5-2-6-10-12/h1-10H,(H,25,27)(H,26,28)(H,29,30)(H,31,32). The highest BCUT2D eigenvalue weighted by atomic mass is 19.1. The molecular formula is C22H14F2N2O6. The van der Waals surface area contributed by atoms with Gasteiger partial charge in [0.15, 0.2) is 11.6 Å². The van der Waals surface area contributed by atoms with Gasteiger partial charge in [-0.3, -0.25) is 9.59 Å². The molecule has 0 unspecified atom stereocenters. The number of benzene rings is 3. The molecule has 4 N–H and O–H groups in total. The van der Waals surface area contributed by atoms with Crippen LogP contribution in [0.2, 0.25) is 0 Å². The van der Waals surface area contributed by atoms with Gasteiger partial charge in [-0.1, -0.05) is 36.4 Å². The molecule has 3 aromatic rings. The van der Waals surface area contributed by atoms with Crippen molar-refractivity contribution < 1.29 is 38.2 Å². The third-order valence-electron chi connectivity index (χ3n) is 4.32. The molecule has 0 aliphatic rings. The number of carboxylic acid groups (broad SMARTS) is 2. The maximum atomic E-state index is 15.4. The van der Waals surface area contributed by atoms with Gasteiger partial charge in [-0.15, -0.1) is 0 Å². The minimum atomic E-state index is -2.09. The molecule has 8 nitrogen and oxygen atoms in total. The lowest BCUT2D eigenvalue weighted by Gasteiger charge is -2.16. The van der Waals surface area contributed by atoms with Crippen LogP contribution in [0, 0.1) is 11.6 Å². The van der Waals surface area contributed by atoms with Gasteiger partial charge in [0.1, 0.15) is 11.1 Å². The second-order valence-corrected chi connectivity index (χ2v) is 6.38. The van der Waals surface area contributed by atoms with Crippen LogP contribution in [0.3, 0.4) is 0 Å². The van der Waals surface area contributed by atoms with Crippen LogP contribution in [-0.2, 0) is 0 Å². The fourth-order valence-corrected chi connectivity index (χ4v) is 2.95. The smallest absolute Gasteiger partial charge is 0.339 e. The molecule has 0 aliphatic heterocycles. The van der Waals surface area contributed by atoms with Gasteiger partial charge in [0.2, 0.25) is 0 Å². The van der Waals surface area contributed by atoms with Crippen LogP contribution in [0.25, 0.3) is 0 Å². The van der Waals surface area contributed by atoms with Gasteiger partial charge in [0.25, 0.3) is 11.8 Å². The van der Waals surface area contributed by atoms with E-state index in [0.717, 1.165) is 0 Å². The van der Waals surface area contributed by atoms with Crippen molar-refractivity contribution in [3.8, 4) is 0 Å². The van der Waals surface area contributed by atoms with Gasteiger partial charge in [-0.2, -0.15) is 0 Å². The molecule has 0 fully saturated rings. The summed E-state index contributed by atoms with van der Waals surface area (Å²) in [6, 6.07) is 14.9. The molecule has 0 saturated carbocycles. The maximum absolute atomic E-state index is 15.4. The van der Waals surface area contributed by atoms with Gasteiger partial charge >= 0.3 is 11.9 Å². The van der Waals surface area contributed by atoms with Crippen molar-refractivity contribution >= 4 is 35.1 Å². The Morgan fingerprint density at radius 1 is 0.562 bits per heavy atom. The number of hydrogen-bond donors (Lipinski definition) is 4. The first-order chi connectivity index (χ1) is 15.2. The van der Waals surface area contributed by atoms with Crippen molar-refractivity contribution in [2.24, 2.45) is 0 Å². The van der Waals surface area contributed by atoms with Gasteiger partial charge in [0, 0.05) is 11.4 Å². The summed E-state index contributed by atoms with van der Waals surface area (Å²) in [6.07, 6.45) is 0. The van der Waals surface area contributed by atoms with Gasteiger partial charge < -0.3 is 20.8 Å². The van der Waals surface area contributed by atoms with E-state index in [1.165, 1.54) is 48.5 Å². The summed E-state index contributed by atoms with van der Waals surface area (Å²) in [5.74, 6) is -10.6. The number of nitrogens with one attached hydrogen (secondary N) is 2. The van der Waals surface area contributed by atoms with Crippen molar-refractivity contribution in [3.63, 3.8) is 0 Å². The van der Waals surface area contributed by atoms with Crippen molar-refractivity contribution in [1.29, 1.82) is 0 Å². The highest BCUT2D eigenvalue weighted by molar-refractivity contribution is 6.17.